The van der Waals surface area contributed by atoms with Crippen molar-refractivity contribution in [3.63, 3.8) is 0 Å². The lowest BCUT2D eigenvalue weighted by Gasteiger charge is -2.55. The zero-order chi connectivity index (χ0) is 29.3. The van der Waals surface area contributed by atoms with Gasteiger partial charge in [0.15, 0.2) is 11.6 Å². The van der Waals surface area contributed by atoms with Gasteiger partial charge < -0.3 is 5.11 Å². The summed E-state index contributed by atoms with van der Waals surface area (Å²) in [6.45, 7) is 0. The number of aromatic hydroxyl groups is 1. The average molecular weight is 580 g/mol. The van der Waals surface area contributed by atoms with E-state index in [0.717, 1.165) is 0 Å². The molecule has 2 N–H and O–H groups in total. The van der Waals surface area contributed by atoms with Gasteiger partial charge in [-0.25, -0.2) is 0 Å². The van der Waals surface area contributed by atoms with E-state index in [1.165, 1.54) is 12.1 Å². The number of imide groups is 1. The molecule has 0 radical (unpaired) electrons. The number of phenols is 1. The number of hydroxylamine groups is 2. The molecule has 0 bridgehead atoms. The van der Waals surface area contributed by atoms with Crippen LogP contribution in [0.15, 0.2) is 96.6 Å². The zero-order valence-electron chi connectivity index (χ0n) is 22.3. The number of Topliss-reactive ketones (excluding diaryl/α,β-unsaturated/α-hetero) is 1. The van der Waals surface area contributed by atoms with E-state index < -0.39 is 46.8 Å². The highest BCUT2D eigenvalue weighted by molar-refractivity contribution is 6.32. The first-order chi connectivity index (χ1) is 20.2. The van der Waals surface area contributed by atoms with Crippen molar-refractivity contribution in [2.75, 3.05) is 0 Å². The number of amides is 2. The highest BCUT2D eigenvalue weighted by atomic mass is 35.5. The molecule has 2 fully saturated rings. The summed E-state index contributed by atoms with van der Waals surface area (Å²) in [5.41, 5.74) is 1.09. The Morgan fingerprint density at radius 2 is 1.55 bits per heavy atom. The van der Waals surface area contributed by atoms with Crippen molar-refractivity contribution < 1.29 is 29.5 Å². The number of nitrogens with zero attached hydrogens (tertiary/aromatic N) is 1. The zero-order valence-corrected chi connectivity index (χ0v) is 23.1. The summed E-state index contributed by atoms with van der Waals surface area (Å²) in [6.07, 6.45) is 3.57. The van der Waals surface area contributed by atoms with Gasteiger partial charge in [-0.15, -0.1) is 0 Å². The smallest absolute Gasteiger partial charge is 0.257 e. The molecule has 3 aliphatic carbocycles. The summed E-state index contributed by atoms with van der Waals surface area (Å²) < 4.78 is 0. The molecule has 3 aromatic carbocycles. The molecule has 8 heteroatoms. The van der Waals surface area contributed by atoms with Gasteiger partial charge in [-0.1, -0.05) is 83.9 Å². The van der Waals surface area contributed by atoms with Gasteiger partial charge in [-0.3, -0.25) is 24.4 Å². The van der Waals surface area contributed by atoms with Crippen LogP contribution in [-0.4, -0.2) is 38.8 Å². The molecule has 0 unspecified atom stereocenters. The van der Waals surface area contributed by atoms with Crippen LogP contribution >= 0.6 is 11.6 Å². The van der Waals surface area contributed by atoms with Crippen LogP contribution in [0.25, 0.3) is 5.57 Å². The second-order valence-electron chi connectivity index (χ2n) is 11.5. The summed E-state index contributed by atoms with van der Waals surface area (Å²) in [4.78, 5) is 55.6. The number of carbonyl (C=O) groups excluding carboxylic acids is 4. The van der Waals surface area contributed by atoms with Gasteiger partial charge in [0.25, 0.3) is 11.8 Å². The number of fused-ring (bicyclic) bond motifs is 4. The van der Waals surface area contributed by atoms with E-state index in [1.54, 1.807) is 36.4 Å². The lowest BCUT2D eigenvalue weighted by molar-refractivity contribution is -0.173. The van der Waals surface area contributed by atoms with Crippen LogP contribution in [0.3, 0.4) is 0 Å². The number of carbonyl (C=O) groups is 4. The molecular formula is C34H26ClNO6. The molecule has 6 atom stereocenters. The monoisotopic (exact) mass is 579 g/mol. The Bertz CT molecular complexity index is 1730. The number of allylic oxidation sites excluding steroid dienone is 4. The lowest BCUT2D eigenvalue weighted by atomic mass is 9.44. The van der Waals surface area contributed by atoms with Gasteiger partial charge in [0, 0.05) is 28.0 Å². The van der Waals surface area contributed by atoms with Crippen LogP contribution in [-0.2, 0) is 24.6 Å². The fraction of sp³-hybridized carbons (Fsp3) is 0.235. The summed E-state index contributed by atoms with van der Waals surface area (Å²) in [5.74, 6) is -6.13. The van der Waals surface area contributed by atoms with Gasteiger partial charge in [0.2, 0.25) is 0 Å². The minimum atomic E-state index is -1.46. The van der Waals surface area contributed by atoms with Gasteiger partial charge in [-0.05, 0) is 54.2 Å². The average Bonchev–Trinajstić information content (AvgIpc) is 3.23. The second-order valence-corrected chi connectivity index (χ2v) is 11.9. The third-order valence-electron chi connectivity index (χ3n) is 9.65. The van der Waals surface area contributed by atoms with E-state index in [0.29, 0.717) is 27.3 Å². The van der Waals surface area contributed by atoms with Gasteiger partial charge >= 0.3 is 0 Å². The van der Waals surface area contributed by atoms with E-state index in [9.17, 15) is 29.5 Å². The summed E-state index contributed by atoms with van der Waals surface area (Å²) >= 11 is 6.46. The third-order valence-corrected chi connectivity index (χ3v) is 9.89. The molecule has 7 nitrogen and oxygen atoms in total. The Balaban J connectivity index is 1.54. The fourth-order valence-electron chi connectivity index (χ4n) is 7.96. The molecule has 2 amide bonds. The topological polar surface area (TPSA) is 112 Å². The molecule has 0 aromatic heterocycles. The van der Waals surface area contributed by atoms with Crippen molar-refractivity contribution in [1.82, 2.24) is 5.06 Å². The Kier molecular flexibility index (Phi) is 6.08. The van der Waals surface area contributed by atoms with Crippen LogP contribution in [0.2, 0.25) is 5.02 Å². The molecule has 0 spiro atoms. The number of hydrogen-bond acceptors (Lipinski definition) is 6. The van der Waals surface area contributed by atoms with Gasteiger partial charge in [-0.2, -0.15) is 5.06 Å². The minimum absolute atomic E-state index is 0.0992. The second kappa shape index (κ2) is 9.61. The molecule has 3 aromatic rings. The summed E-state index contributed by atoms with van der Waals surface area (Å²) in [7, 11) is 0. The van der Waals surface area contributed by atoms with Crippen LogP contribution in [0.1, 0.15) is 35.4 Å². The number of hydrogen-bond donors (Lipinski definition) is 2. The highest BCUT2D eigenvalue weighted by Gasteiger charge is 2.66. The maximum atomic E-state index is 14.8. The fourth-order valence-corrected chi connectivity index (χ4v) is 8.14. The molecule has 42 heavy (non-hydrogen) atoms. The number of phenolic OH excluding ortho intramolecular Hbond substituents is 1. The summed E-state index contributed by atoms with van der Waals surface area (Å²) in [6, 6.07) is 22.7. The number of rotatable bonds is 3. The Hall–Kier alpha value is -4.33. The third kappa shape index (κ3) is 3.56. The van der Waals surface area contributed by atoms with Crippen LogP contribution in [0, 0.1) is 23.7 Å². The quantitative estimate of drug-likeness (QED) is 0.249. The first-order valence-corrected chi connectivity index (χ1v) is 14.3. The molecule has 1 aliphatic heterocycles. The Morgan fingerprint density at radius 1 is 0.857 bits per heavy atom. The van der Waals surface area contributed by atoms with Crippen molar-refractivity contribution in [3.05, 3.63) is 118 Å². The maximum absolute atomic E-state index is 14.8. The predicted molar refractivity (Wildman–Crippen MR) is 153 cm³/mol. The largest absolute Gasteiger partial charge is 0.508 e. The van der Waals surface area contributed by atoms with Gasteiger partial charge in [0.1, 0.15) is 5.75 Å². The normalized spacial score (nSPS) is 30.3. The molecule has 210 valence electrons. The maximum Gasteiger partial charge on any atom is 0.257 e. The van der Waals surface area contributed by atoms with Crippen molar-refractivity contribution in [2.24, 2.45) is 23.7 Å². The van der Waals surface area contributed by atoms with Crippen LogP contribution in [0.5, 0.6) is 5.75 Å². The molecule has 4 aliphatic rings. The Morgan fingerprint density at radius 3 is 2.26 bits per heavy atom. The van der Waals surface area contributed by atoms with E-state index in [2.05, 4.69) is 0 Å². The first-order valence-electron chi connectivity index (χ1n) is 13.9. The Labute approximate surface area is 246 Å². The standard InChI is InChI=1S/C34H26ClNO6/c35-20-11-14-27(37)25(15-20)30-21-12-13-22-29(33(41)36(42)32(22)40)24(21)16-26-31(39)23(18-7-3-1-4-8-18)17-28(38)34(26,30)19-9-5-2-6-10-19/h1-12,14-15,17,22,24,26,29-30,37,42H,13,16H2/t22-,24+,26-,29-,30+,34-/m0/s1. The van der Waals surface area contributed by atoms with E-state index in [4.69, 9.17) is 11.6 Å². The van der Waals surface area contributed by atoms with Crippen molar-refractivity contribution in [1.29, 1.82) is 0 Å². The van der Waals surface area contributed by atoms with Crippen molar-refractivity contribution in [3.8, 4) is 5.75 Å². The SMILES string of the molecule is O=C1C(c2ccccc2)=CC(=O)[C@@]2(c3ccccc3)[C@@H](c3cc(Cl)ccc3O)C3=CC[C@@H]4C(=O)N(O)C(=O)[C@@H]4[C@@H]3C[C@@H]12. The van der Waals surface area contributed by atoms with Gasteiger partial charge in [0.05, 0.1) is 17.3 Å². The first kappa shape index (κ1) is 26.6. The minimum Gasteiger partial charge on any atom is -0.508 e. The lowest BCUT2D eigenvalue weighted by Crippen LogP contribution is -2.58. The highest BCUT2D eigenvalue weighted by Crippen LogP contribution is 2.64. The van der Waals surface area contributed by atoms with E-state index in [1.807, 2.05) is 42.5 Å². The predicted octanol–water partition coefficient (Wildman–Crippen LogP) is 5.26. The van der Waals surface area contributed by atoms with Crippen LogP contribution < -0.4 is 0 Å². The molecular weight excluding hydrogens is 554 g/mol. The number of halogens is 1. The van der Waals surface area contributed by atoms with Crippen molar-refractivity contribution >= 4 is 40.6 Å². The molecule has 7 rings (SSSR count). The number of ketones is 2. The molecule has 1 saturated heterocycles. The molecule has 1 saturated carbocycles. The molecule has 1 heterocycles. The summed E-state index contributed by atoms with van der Waals surface area (Å²) in [5, 5.41) is 22.1. The van der Waals surface area contributed by atoms with E-state index in [-0.39, 0.29) is 40.8 Å². The van der Waals surface area contributed by atoms with Crippen molar-refractivity contribution in [2.45, 2.75) is 24.2 Å². The van der Waals surface area contributed by atoms with E-state index >= 15 is 0 Å². The van der Waals surface area contributed by atoms with Crippen LogP contribution in [0.4, 0.5) is 0 Å². The number of benzene rings is 3.